The summed E-state index contributed by atoms with van der Waals surface area (Å²) < 4.78 is 5.65. The number of nitrogens with zero attached hydrogens (tertiary/aromatic N) is 1. The van der Waals surface area contributed by atoms with Gasteiger partial charge in [0.15, 0.2) is 0 Å². The second kappa shape index (κ2) is 6.77. The number of hydrogen-bond donors (Lipinski definition) is 1. The lowest BCUT2D eigenvalue weighted by Crippen LogP contribution is -2.39. The molecule has 0 saturated carbocycles. The molecule has 1 saturated heterocycles. The molecule has 1 heterocycles. The van der Waals surface area contributed by atoms with Gasteiger partial charge in [0.05, 0.1) is 18.4 Å². The summed E-state index contributed by atoms with van der Waals surface area (Å²) >= 11 is 0. The molecule has 2 aromatic carbocycles. The highest BCUT2D eigenvalue weighted by atomic mass is 16.5. The second-order valence-corrected chi connectivity index (χ2v) is 6.58. The van der Waals surface area contributed by atoms with E-state index in [0.717, 1.165) is 15.7 Å². The number of hydrogen-bond acceptors (Lipinski definition) is 4. The summed E-state index contributed by atoms with van der Waals surface area (Å²) in [7, 11) is 0. The van der Waals surface area contributed by atoms with Crippen LogP contribution in [-0.4, -0.2) is 41.1 Å². The van der Waals surface area contributed by atoms with E-state index in [0.29, 0.717) is 5.75 Å². The van der Waals surface area contributed by atoms with Gasteiger partial charge in [-0.3, -0.25) is 14.5 Å². The molecule has 1 fully saturated rings. The van der Waals surface area contributed by atoms with E-state index >= 15 is 0 Å². The molecule has 0 bridgehead atoms. The Kier molecular flexibility index (Phi) is 4.31. The predicted octanol–water partition coefficient (Wildman–Crippen LogP) is 2.31. The summed E-state index contributed by atoms with van der Waals surface area (Å²) in [5.74, 6) is -0.765. The normalized spacial score (nSPS) is 22.7. The number of imide groups is 1. The van der Waals surface area contributed by atoms with Gasteiger partial charge in [-0.05, 0) is 22.9 Å². The average Bonchev–Trinajstić information content (AvgIpc) is 2.91. The largest absolute Gasteiger partial charge is 0.491 e. The van der Waals surface area contributed by atoms with Crippen LogP contribution in [-0.2, 0) is 9.59 Å². The first-order valence-corrected chi connectivity index (χ1v) is 8.63. The highest BCUT2D eigenvalue weighted by Gasteiger charge is 2.45. The summed E-state index contributed by atoms with van der Waals surface area (Å²) in [5, 5.41) is 12.4. The van der Waals surface area contributed by atoms with Crippen LogP contribution in [0, 0.1) is 11.8 Å². The Balaban J connectivity index is 1.38. The van der Waals surface area contributed by atoms with E-state index in [4.69, 9.17) is 4.74 Å². The van der Waals surface area contributed by atoms with E-state index in [1.54, 1.807) is 24.3 Å². The second-order valence-electron chi connectivity index (χ2n) is 6.58. The molecule has 0 spiro atoms. The number of likely N-dealkylation sites (tertiary alicyclic amines) is 1. The molecule has 0 unspecified atom stereocenters. The van der Waals surface area contributed by atoms with Crippen molar-refractivity contribution >= 4 is 22.6 Å². The Hall–Kier alpha value is -2.92. The molecule has 0 aromatic heterocycles. The number of allylic oxidation sites excluding steroid dienone is 2. The van der Waals surface area contributed by atoms with Crippen LogP contribution < -0.4 is 4.74 Å². The fourth-order valence-electron chi connectivity index (χ4n) is 3.44. The number of aliphatic hydroxyl groups excluding tert-OH is 1. The Morgan fingerprint density at radius 1 is 0.962 bits per heavy atom. The van der Waals surface area contributed by atoms with Crippen LogP contribution >= 0.6 is 0 Å². The minimum atomic E-state index is -0.942. The molecule has 2 amide bonds. The van der Waals surface area contributed by atoms with Gasteiger partial charge in [0.1, 0.15) is 18.5 Å². The number of fused-ring (bicyclic) bond motifs is 2. The van der Waals surface area contributed by atoms with Crippen LogP contribution in [0.25, 0.3) is 10.8 Å². The minimum Gasteiger partial charge on any atom is -0.491 e. The molecule has 5 heteroatoms. The lowest BCUT2D eigenvalue weighted by molar-refractivity contribution is -0.141. The van der Waals surface area contributed by atoms with Crippen molar-refractivity contribution in [2.75, 3.05) is 13.2 Å². The van der Waals surface area contributed by atoms with E-state index in [2.05, 4.69) is 0 Å². The molecule has 5 nitrogen and oxygen atoms in total. The summed E-state index contributed by atoms with van der Waals surface area (Å²) in [6.07, 6.45) is 6.08. The molecule has 1 N–H and O–H groups in total. The molecule has 26 heavy (non-hydrogen) atoms. The third kappa shape index (κ3) is 3.02. The Morgan fingerprint density at radius 3 is 2.31 bits per heavy atom. The Bertz CT molecular complexity index is 887. The van der Waals surface area contributed by atoms with Crippen LogP contribution in [0.5, 0.6) is 5.75 Å². The van der Waals surface area contributed by atoms with Gasteiger partial charge in [0.2, 0.25) is 11.8 Å². The first-order chi connectivity index (χ1) is 12.6. The topological polar surface area (TPSA) is 66.8 Å². The summed E-state index contributed by atoms with van der Waals surface area (Å²) in [6, 6.07) is 13.6. The first kappa shape index (κ1) is 16.5. The van der Waals surface area contributed by atoms with Crippen LogP contribution in [0.1, 0.15) is 0 Å². The quantitative estimate of drug-likeness (QED) is 0.841. The number of ether oxygens (including phenoxy) is 1. The van der Waals surface area contributed by atoms with Crippen molar-refractivity contribution in [1.82, 2.24) is 4.90 Å². The van der Waals surface area contributed by atoms with Crippen LogP contribution in [0.2, 0.25) is 0 Å². The van der Waals surface area contributed by atoms with Gasteiger partial charge in [-0.1, -0.05) is 54.6 Å². The SMILES string of the molecule is O=C1[C@H]2C=CC=C[C@H]2C(=O)N1C[C@H](O)COc1ccc2ccccc2c1. The predicted molar refractivity (Wildman–Crippen MR) is 97.4 cm³/mol. The number of carbonyl (C=O) groups is 2. The molecule has 2 aromatic rings. The Labute approximate surface area is 151 Å². The van der Waals surface area contributed by atoms with E-state index in [-0.39, 0.29) is 25.0 Å². The Morgan fingerprint density at radius 2 is 1.62 bits per heavy atom. The molecule has 1 aliphatic carbocycles. The van der Waals surface area contributed by atoms with Gasteiger partial charge in [-0.15, -0.1) is 0 Å². The van der Waals surface area contributed by atoms with Gasteiger partial charge < -0.3 is 9.84 Å². The summed E-state index contributed by atoms with van der Waals surface area (Å²) in [6.45, 7) is -0.0453. The fourth-order valence-corrected chi connectivity index (χ4v) is 3.44. The van der Waals surface area contributed by atoms with Crippen molar-refractivity contribution in [2.45, 2.75) is 6.10 Å². The number of amides is 2. The smallest absolute Gasteiger partial charge is 0.237 e. The van der Waals surface area contributed by atoms with Crippen molar-refractivity contribution in [3.05, 3.63) is 66.8 Å². The third-order valence-electron chi connectivity index (χ3n) is 4.79. The number of rotatable bonds is 5. The van der Waals surface area contributed by atoms with Crippen LogP contribution in [0.3, 0.4) is 0 Å². The molecule has 3 atom stereocenters. The minimum absolute atomic E-state index is 0.0103. The molecule has 132 valence electrons. The average molecular weight is 349 g/mol. The number of benzene rings is 2. The van der Waals surface area contributed by atoms with Gasteiger partial charge in [-0.2, -0.15) is 0 Å². The fraction of sp³-hybridized carbons (Fsp3) is 0.238. The standard InChI is InChI=1S/C21H19NO4/c23-16(12-22-20(24)18-7-3-4-8-19(18)21(22)25)13-26-17-10-9-14-5-1-2-6-15(14)11-17/h1-11,16,18-19,23H,12-13H2/t16-,18-,19+/m0/s1. The monoisotopic (exact) mass is 349 g/mol. The van der Waals surface area contributed by atoms with Crippen LogP contribution in [0.15, 0.2) is 66.8 Å². The zero-order valence-corrected chi connectivity index (χ0v) is 14.1. The maximum absolute atomic E-state index is 12.4. The lowest BCUT2D eigenvalue weighted by atomic mass is 9.91. The molecular weight excluding hydrogens is 330 g/mol. The molecule has 0 radical (unpaired) electrons. The van der Waals surface area contributed by atoms with Gasteiger partial charge in [0, 0.05) is 0 Å². The first-order valence-electron chi connectivity index (χ1n) is 8.63. The van der Waals surface area contributed by atoms with Crippen molar-refractivity contribution in [3.63, 3.8) is 0 Å². The van der Waals surface area contributed by atoms with Crippen molar-refractivity contribution in [1.29, 1.82) is 0 Å². The van der Waals surface area contributed by atoms with Gasteiger partial charge >= 0.3 is 0 Å². The van der Waals surface area contributed by atoms with E-state index < -0.39 is 17.9 Å². The highest BCUT2D eigenvalue weighted by molar-refractivity contribution is 6.07. The summed E-state index contributed by atoms with van der Waals surface area (Å²) in [5.41, 5.74) is 0. The molecule has 1 aliphatic heterocycles. The number of aliphatic hydroxyl groups is 1. The van der Waals surface area contributed by atoms with Gasteiger partial charge in [-0.25, -0.2) is 0 Å². The maximum Gasteiger partial charge on any atom is 0.237 e. The zero-order chi connectivity index (χ0) is 18.1. The van der Waals surface area contributed by atoms with Gasteiger partial charge in [0.25, 0.3) is 0 Å². The number of β-amino-alcohol motifs (C(OH)–C–C–N with tert-alkyl or cyclic N) is 1. The zero-order valence-electron chi connectivity index (χ0n) is 14.1. The van der Waals surface area contributed by atoms with E-state index in [9.17, 15) is 14.7 Å². The third-order valence-corrected chi connectivity index (χ3v) is 4.79. The number of carbonyl (C=O) groups excluding carboxylic acids is 2. The van der Waals surface area contributed by atoms with E-state index in [1.165, 1.54) is 0 Å². The maximum atomic E-state index is 12.4. The van der Waals surface area contributed by atoms with Crippen molar-refractivity contribution < 1.29 is 19.4 Å². The van der Waals surface area contributed by atoms with Crippen LogP contribution in [0.4, 0.5) is 0 Å². The van der Waals surface area contributed by atoms with Crippen molar-refractivity contribution in [2.24, 2.45) is 11.8 Å². The molecule has 4 rings (SSSR count). The lowest BCUT2D eigenvalue weighted by Gasteiger charge is -2.19. The molecular formula is C21H19NO4. The highest BCUT2D eigenvalue weighted by Crippen LogP contribution is 2.31. The van der Waals surface area contributed by atoms with Crippen molar-refractivity contribution in [3.8, 4) is 5.75 Å². The van der Waals surface area contributed by atoms with E-state index in [1.807, 2.05) is 42.5 Å². The molecule has 2 aliphatic rings. The summed E-state index contributed by atoms with van der Waals surface area (Å²) in [4.78, 5) is 25.9.